The van der Waals surface area contributed by atoms with Gasteiger partial charge in [-0.3, -0.25) is 4.79 Å². The number of piperidine rings is 1. The van der Waals surface area contributed by atoms with Crippen LogP contribution in [0.2, 0.25) is 0 Å². The minimum absolute atomic E-state index is 0.118. The number of hydrogen-bond acceptors (Lipinski definition) is 3. The van der Waals surface area contributed by atoms with E-state index in [0.717, 1.165) is 39.0 Å². The van der Waals surface area contributed by atoms with Gasteiger partial charge in [-0.1, -0.05) is 0 Å². The van der Waals surface area contributed by atoms with Crippen LogP contribution < -0.4 is 5.32 Å². The molecule has 2 aliphatic heterocycles. The molecule has 1 saturated carbocycles. The van der Waals surface area contributed by atoms with E-state index in [1.54, 1.807) is 0 Å². The van der Waals surface area contributed by atoms with Gasteiger partial charge in [0.15, 0.2) is 0 Å². The lowest BCUT2D eigenvalue weighted by molar-refractivity contribution is -0.156. The Hall–Kier alpha value is -0.410. The van der Waals surface area contributed by atoms with E-state index in [4.69, 9.17) is 4.74 Å². The molecule has 2 saturated heterocycles. The molecule has 0 bridgehead atoms. The molecular formula is C15H25NO2. The summed E-state index contributed by atoms with van der Waals surface area (Å²) in [4.78, 5) is 12.4. The first kappa shape index (κ1) is 12.6. The zero-order chi connectivity index (χ0) is 12.4. The van der Waals surface area contributed by atoms with Gasteiger partial charge in [-0.2, -0.15) is 0 Å². The summed E-state index contributed by atoms with van der Waals surface area (Å²) in [6.45, 7) is 2.99. The van der Waals surface area contributed by atoms with Gasteiger partial charge in [0.25, 0.3) is 0 Å². The second-order valence-corrected chi connectivity index (χ2v) is 6.44. The van der Waals surface area contributed by atoms with E-state index in [0.29, 0.717) is 17.6 Å². The van der Waals surface area contributed by atoms with Crippen molar-refractivity contribution in [2.24, 2.45) is 11.8 Å². The maximum Gasteiger partial charge on any atom is 0.136 e. The Morgan fingerprint density at radius 2 is 2.00 bits per heavy atom. The highest BCUT2D eigenvalue weighted by atomic mass is 16.5. The lowest BCUT2D eigenvalue weighted by Gasteiger charge is -2.47. The monoisotopic (exact) mass is 251 g/mol. The first-order valence-electron chi connectivity index (χ1n) is 7.65. The topological polar surface area (TPSA) is 38.3 Å². The number of rotatable bonds is 3. The molecular weight excluding hydrogens is 226 g/mol. The molecule has 1 spiro atoms. The summed E-state index contributed by atoms with van der Waals surface area (Å²) in [7, 11) is 0. The number of nitrogens with one attached hydrogen (secondary N) is 1. The summed E-state index contributed by atoms with van der Waals surface area (Å²) in [5.41, 5.74) is 0.118. The fourth-order valence-corrected chi connectivity index (χ4v) is 3.76. The molecule has 3 aliphatic rings. The quantitative estimate of drug-likeness (QED) is 0.836. The Bertz CT molecular complexity index is 306. The highest BCUT2D eigenvalue weighted by Crippen LogP contribution is 2.44. The number of hydrogen-bond donors (Lipinski definition) is 1. The third-order valence-corrected chi connectivity index (χ3v) is 5.16. The predicted molar refractivity (Wildman–Crippen MR) is 70.5 cm³/mol. The molecule has 102 valence electrons. The number of ketones is 1. The molecule has 0 aromatic heterocycles. The van der Waals surface area contributed by atoms with Crippen LogP contribution in [0.5, 0.6) is 0 Å². The van der Waals surface area contributed by atoms with Crippen LogP contribution >= 0.6 is 0 Å². The van der Waals surface area contributed by atoms with Gasteiger partial charge in [-0.05, 0) is 64.0 Å². The van der Waals surface area contributed by atoms with Gasteiger partial charge >= 0.3 is 0 Å². The van der Waals surface area contributed by atoms with Crippen molar-refractivity contribution in [3.05, 3.63) is 0 Å². The molecule has 3 heteroatoms. The molecule has 0 amide bonds. The minimum Gasteiger partial charge on any atom is -0.375 e. The number of ether oxygens (including phenoxy) is 1. The Morgan fingerprint density at radius 3 is 2.67 bits per heavy atom. The highest BCUT2D eigenvalue weighted by Gasteiger charge is 2.44. The van der Waals surface area contributed by atoms with E-state index in [2.05, 4.69) is 5.32 Å². The number of carbonyl (C=O) groups excluding carboxylic acids is 1. The maximum atomic E-state index is 12.4. The molecule has 0 radical (unpaired) electrons. The van der Waals surface area contributed by atoms with Crippen LogP contribution in [0.3, 0.4) is 0 Å². The molecule has 0 aromatic rings. The lowest BCUT2D eigenvalue weighted by atomic mass is 9.70. The Morgan fingerprint density at radius 1 is 1.22 bits per heavy atom. The van der Waals surface area contributed by atoms with Crippen LogP contribution in [-0.2, 0) is 9.53 Å². The van der Waals surface area contributed by atoms with Crippen LogP contribution in [0.25, 0.3) is 0 Å². The maximum absolute atomic E-state index is 12.4. The Kier molecular flexibility index (Phi) is 3.71. The summed E-state index contributed by atoms with van der Waals surface area (Å²) < 4.78 is 5.91. The Labute approximate surface area is 110 Å². The molecule has 1 aliphatic carbocycles. The van der Waals surface area contributed by atoms with Crippen molar-refractivity contribution in [1.29, 1.82) is 0 Å². The summed E-state index contributed by atoms with van der Waals surface area (Å²) >= 11 is 0. The smallest absolute Gasteiger partial charge is 0.136 e. The Balaban J connectivity index is 1.51. The van der Waals surface area contributed by atoms with Crippen LogP contribution in [0.1, 0.15) is 51.4 Å². The van der Waals surface area contributed by atoms with Gasteiger partial charge < -0.3 is 10.1 Å². The van der Waals surface area contributed by atoms with Crippen molar-refractivity contribution in [2.75, 3.05) is 19.7 Å². The van der Waals surface area contributed by atoms with Gasteiger partial charge in [-0.25, -0.2) is 0 Å². The van der Waals surface area contributed by atoms with Crippen LogP contribution in [0.15, 0.2) is 0 Å². The van der Waals surface area contributed by atoms with Gasteiger partial charge in [0.2, 0.25) is 0 Å². The summed E-state index contributed by atoms with van der Waals surface area (Å²) in [6, 6.07) is 0. The van der Waals surface area contributed by atoms with Gasteiger partial charge in [-0.15, -0.1) is 0 Å². The van der Waals surface area contributed by atoms with E-state index < -0.39 is 0 Å². The molecule has 0 aromatic carbocycles. The summed E-state index contributed by atoms with van der Waals surface area (Å²) in [6.07, 6.45) is 8.81. The van der Waals surface area contributed by atoms with Gasteiger partial charge in [0, 0.05) is 18.9 Å². The van der Waals surface area contributed by atoms with Gasteiger partial charge in [0.05, 0.1) is 5.60 Å². The van der Waals surface area contributed by atoms with Crippen molar-refractivity contribution in [3.8, 4) is 0 Å². The molecule has 1 N–H and O–H groups in total. The highest BCUT2D eigenvalue weighted by molar-refractivity contribution is 5.81. The molecule has 1 unspecified atom stereocenters. The first-order valence-corrected chi connectivity index (χ1v) is 7.65. The third kappa shape index (κ3) is 2.62. The van der Waals surface area contributed by atoms with Crippen molar-refractivity contribution < 1.29 is 9.53 Å². The summed E-state index contributed by atoms with van der Waals surface area (Å²) in [5.74, 6) is 1.46. The molecule has 3 nitrogen and oxygen atoms in total. The zero-order valence-electron chi connectivity index (χ0n) is 11.2. The molecule has 18 heavy (non-hydrogen) atoms. The van der Waals surface area contributed by atoms with Crippen molar-refractivity contribution in [3.63, 3.8) is 0 Å². The average molecular weight is 251 g/mol. The SMILES string of the molecule is O=C(CC1CCNCC1)C1CCOC2(CCC2)C1. The van der Waals surface area contributed by atoms with E-state index >= 15 is 0 Å². The van der Waals surface area contributed by atoms with E-state index in [1.807, 2.05) is 0 Å². The van der Waals surface area contributed by atoms with Crippen LogP contribution in [0.4, 0.5) is 0 Å². The fraction of sp³-hybridized carbons (Fsp3) is 0.933. The molecule has 3 fully saturated rings. The molecule has 2 heterocycles. The van der Waals surface area contributed by atoms with E-state index in [-0.39, 0.29) is 5.60 Å². The zero-order valence-corrected chi connectivity index (χ0v) is 11.2. The standard InChI is InChI=1S/C15H25NO2/c17-14(10-12-2-7-16-8-3-12)13-4-9-18-15(11-13)5-1-6-15/h12-13,16H,1-11H2. The van der Waals surface area contributed by atoms with E-state index in [1.165, 1.54) is 32.1 Å². The predicted octanol–water partition coefficient (Wildman–Crippen LogP) is 2.29. The normalized spacial score (nSPS) is 32.1. The second-order valence-electron chi connectivity index (χ2n) is 6.44. The fourth-order valence-electron chi connectivity index (χ4n) is 3.76. The number of Topliss-reactive ketones (excluding diaryl/α,β-unsaturated/α-hetero) is 1. The minimum atomic E-state index is 0.118. The van der Waals surface area contributed by atoms with Crippen molar-refractivity contribution in [1.82, 2.24) is 5.32 Å². The van der Waals surface area contributed by atoms with Crippen LogP contribution in [-0.4, -0.2) is 31.1 Å². The second kappa shape index (κ2) is 5.30. The summed E-state index contributed by atoms with van der Waals surface area (Å²) in [5, 5.41) is 3.37. The van der Waals surface area contributed by atoms with E-state index in [9.17, 15) is 4.79 Å². The number of carbonyl (C=O) groups is 1. The largest absolute Gasteiger partial charge is 0.375 e. The lowest BCUT2D eigenvalue weighted by Crippen LogP contribution is -2.47. The third-order valence-electron chi connectivity index (χ3n) is 5.16. The van der Waals surface area contributed by atoms with Crippen LogP contribution in [0, 0.1) is 11.8 Å². The van der Waals surface area contributed by atoms with Crippen molar-refractivity contribution in [2.45, 2.75) is 57.0 Å². The molecule has 3 rings (SSSR count). The van der Waals surface area contributed by atoms with Gasteiger partial charge in [0.1, 0.15) is 5.78 Å². The average Bonchev–Trinajstić information content (AvgIpc) is 2.38. The van der Waals surface area contributed by atoms with Crippen molar-refractivity contribution >= 4 is 5.78 Å². The first-order chi connectivity index (χ1) is 8.77. The molecule has 1 atom stereocenters.